The Morgan fingerprint density at radius 2 is 1.73 bits per heavy atom. The smallest absolute Gasteiger partial charge is 0.242 e. The van der Waals surface area contributed by atoms with Crippen molar-refractivity contribution in [3.8, 4) is 5.75 Å². The molecule has 1 aliphatic rings. The Bertz CT molecular complexity index is 1110. The van der Waals surface area contributed by atoms with E-state index in [-0.39, 0.29) is 10.6 Å². The SMILES string of the molecule is COc1ccc(S(=O)(=O)N[C@@H](C)C(=O)Nc2ccc(N3CCCS3(=O)=O)cc2)cc1. The molecule has 3 rings (SSSR count). The van der Waals surface area contributed by atoms with E-state index in [0.717, 1.165) is 0 Å². The summed E-state index contributed by atoms with van der Waals surface area (Å²) in [5, 5.41) is 2.62. The van der Waals surface area contributed by atoms with E-state index in [1.807, 2.05) is 0 Å². The average molecular weight is 454 g/mol. The number of benzene rings is 2. The minimum absolute atomic E-state index is 0.0131. The number of rotatable bonds is 7. The molecule has 162 valence electrons. The van der Waals surface area contributed by atoms with Crippen LogP contribution in [0.1, 0.15) is 13.3 Å². The number of carbonyl (C=O) groups excluding carboxylic acids is 1. The van der Waals surface area contributed by atoms with Gasteiger partial charge in [0, 0.05) is 12.2 Å². The quantitative estimate of drug-likeness (QED) is 0.656. The third kappa shape index (κ3) is 4.91. The van der Waals surface area contributed by atoms with Crippen LogP contribution in [-0.4, -0.2) is 48.2 Å². The molecule has 1 saturated heterocycles. The maximum atomic E-state index is 12.5. The van der Waals surface area contributed by atoms with Gasteiger partial charge < -0.3 is 10.1 Å². The summed E-state index contributed by atoms with van der Waals surface area (Å²) in [6.45, 7) is 1.86. The molecule has 1 atom stereocenters. The van der Waals surface area contributed by atoms with Gasteiger partial charge in [-0.25, -0.2) is 16.8 Å². The molecule has 1 amide bonds. The summed E-state index contributed by atoms with van der Waals surface area (Å²) in [6, 6.07) is 11.1. The molecule has 2 aromatic carbocycles. The van der Waals surface area contributed by atoms with E-state index in [1.54, 1.807) is 24.3 Å². The lowest BCUT2D eigenvalue weighted by Gasteiger charge is -2.18. The second kappa shape index (κ2) is 8.62. The Morgan fingerprint density at radius 1 is 1.10 bits per heavy atom. The molecule has 2 N–H and O–H groups in total. The van der Waals surface area contributed by atoms with E-state index in [4.69, 9.17) is 4.74 Å². The lowest BCUT2D eigenvalue weighted by molar-refractivity contribution is -0.117. The summed E-state index contributed by atoms with van der Waals surface area (Å²) in [5.41, 5.74) is 0.953. The number of nitrogens with one attached hydrogen (secondary N) is 2. The zero-order chi connectivity index (χ0) is 21.9. The number of hydrogen-bond donors (Lipinski definition) is 2. The highest BCUT2D eigenvalue weighted by Crippen LogP contribution is 2.25. The minimum Gasteiger partial charge on any atom is -0.497 e. The van der Waals surface area contributed by atoms with E-state index in [2.05, 4.69) is 10.0 Å². The van der Waals surface area contributed by atoms with E-state index in [1.165, 1.54) is 42.6 Å². The summed E-state index contributed by atoms with van der Waals surface area (Å²) in [7, 11) is -5.69. The summed E-state index contributed by atoms with van der Waals surface area (Å²) in [5.74, 6) is 0.0932. The van der Waals surface area contributed by atoms with Crippen molar-refractivity contribution in [1.82, 2.24) is 4.72 Å². The molecule has 1 aliphatic heterocycles. The third-order valence-electron chi connectivity index (χ3n) is 4.62. The van der Waals surface area contributed by atoms with Crippen LogP contribution in [0.4, 0.5) is 11.4 Å². The van der Waals surface area contributed by atoms with Crippen LogP contribution in [0.25, 0.3) is 0 Å². The van der Waals surface area contributed by atoms with Crippen molar-refractivity contribution in [2.24, 2.45) is 0 Å². The molecule has 2 aromatic rings. The molecule has 0 bridgehead atoms. The fraction of sp³-hybridized carbons (Fsp3) is 0.316. The predicted molar refractivity (Wildman–Crippen MR) is 114 cm³/mol. The highest BCUT2D eigenvalue weighted by atomic mass is 32.2. The molecule has 0 aliphatic carbocycles. The standard InChI is InChI=1S/C19H23N3O6S2/c1-14(21-30(26,27)18-10-8-17(28-2)9-11-18)19(23)20-15-4-6-16(7-5-15)22-12-3-13-29(22,24)25/h4-11,14,21H,3,12-13H2,1-2H3,(H,20,23)/t14-/m0/s1. The van der Waals surface area contributed by atoms with Gasteiger partial charge in [0.15, 0.2) is 0 Å². The number of anilines is 2. The molecule has 0 radical (unpaired) electrons. The number of nitrogens with zero attached hydrogens (tertiary/aromatic N) is 1. The van der Waals surface area contributed by atoms with Gasteiger partial charge in [-0.2, -0.15) is 4.72 Å². The van der Waals surface area contributed by atoms with Crippen LogP contribution in [0.15, 0.2) is 53.4 Å². The van der Waals surface area contributed by atoms with Crippen LogP contribution in [0.5, 0.6) is 5.75 Å². The minimum atomic E-state index is -3.89. The molecular formula is C19H23N3O6S2. The summed E-state index contributed by atoms with van der Waals surface area (Å²) >= 11 is 0. The Balaban J connectivity index is 1.63. The topological polar surface area (TPSA) is 122 Å². The first-order valence-electron chi connectivity index (χ1n) is 9.20. The Morgan fingerprint density at radius 3 is 2.27 bits per heavy atom. The van der Waals surface area contributed by atoms with Gasteiger partial charge in [-0.1, -0.05) is 0 Å². The molecule has 30 heavy (non-hydrogen) atoms. The van der Waals surface area contributed by atoms with Crippen LogP contribution in [-0.2, 0) is 24.8 Å². The monoisotopic (exact) mass is 453 g/mol. The predicted octanol–water partition coefficient (Wildman–Crippen LogP) is 1.54. The van der Waals surface area contributed by atoms with Crippen LogP contribution in [0, 0.1) is 0 Å². The summed E-state index contributed by atoms with van der Waals surface area (Å²) < 4.78 is 57.6. The maximum Gasteiger partial charge on any atom is 0.242 e. The lowest BCUT2D eigenvalue weighted by Crippen LogP contribution is -2.41. The van der Waals surface area contributed by atoms with E-state index in [9.17, 15) is 21.6 Å². The normalized spacial score (nSPS) is 16.8. The van der Waals surface area contributed by atoms with Crippen molar-refractivity contribution >= 4 is 37.3 Å². The Hall–Kier alpha value is -2.63. The molecule has 1 fully saturated rings. The zero-order valence-electron chi connectivity index (χ0n) is 16.5. The molecule has 0 saturated carbocycles. The van der Waals surface area contributed by atoms with Crippen molar-refractivity contribution in [3.63, 3.8) is 0 Å². The molecular weight excluding hydrogens is 430 g/mol. The first kappa shape index (κ1) is 22.1. The van der Waals surface area contributed by atoms with Crippen molar-refractivity contribution < 1.29 is 26.4 Å². The number of ether oxygens (including phenoxy) is 1. The van der Waals surface area contributed by atoms with Gasteiger partial charge >= 0.3 is 0 Å². The fourth-order valence-electron chi connectivity index (χ4n) is 3.00. The lowest BCUT2D eigenvalue weighted by atomic mass is 10.2. The van der Waals surface area contributed by atoms with E-state index >= 15 is 0 Å². The molecule has 0 unspecified atom stereocenters. The molecule has 0 spiro atoms. The number of hydrogen-bond acceptors (Lipinski definition) is 6. The second-order valence-corrected chi connectivity index (χ2v) is 10.5. The van der Waals surface area contributed by atoms with Gasteiger partial charge in [0.2, 0.25) is 26.0 Å². The van der Waals surface area contributed by atoms with Gasteiger partial charge in [0.05, 0.1) is 29.5 Å². The number of sulfonamides is 2. The molecule has 1 heterocycles. The zero-order valence-corrected chi connectivity index (χ0v) is 18.2. The Kier molecular flexibility index (Phi) is 6.34. The second-order valence-electron chi connectivity index (χ2n) is 6.80. The highest BCUT2D eigenvalue weighted by molar-refractivity contribution is 7.93. The number of methoxy groups -OCH3 is 1. The van der Waals surface area contributed by atoms with E-state index in [0.29, 0.717) is 30.1 Å². The molecule has 9 nitrogen and oxygen atoms in total. The van der Waals surface area contributed by atoms with Crippen molar-refractivity contribution in [2.75, 3.05) is 29.0 Å². The number of amides is 1. The first-order chi connectivity index (χ1) is 14.1. The largest absolute Gasteiger partial charge is 0.497 e. The number of carbonyl (C=O) groups is 1. The van der Waals surface area contributed by atoms with Crippen LogP contribution >= 0.6 is 0 Å². The van der Waals surface area contributed by atoms with Gasteiger partial charge in [-0.3, -0.25) is 9.10 Å². The van der Waals surface area contributed by atoms with Gasteiger partial charge in [-0.05, 0) is 61.9 Å². The van der Waals surface area contributed by atoms with Crippen molar-refractivity contribution in [1.29, 1.82) is 0 Å². The van der Waals surface area contributed by atoms with Gasteiger partial charge in [0.1, 0.15) is 5.75 Å². The van der Waals surface area contributed by atoms with Crippen molar-refractivity contribution in [3.05, 3.63) is 48.5 Å². The van der Waals surface area contributed by atoms with Gasteiger partial charge in [0.25, 0.3) is 0 Å². The summed E-state index contributed by atoms with van der Waals surface area (Å²) in [6.07, 6.45) is 0.576. The van der Waals surface area contributed by atoms with Crippen LogP contribution in [0.2, 0.25) is 0 Å². The highest BCUT2D eigenvalue weighted by Gasteiger charge is 2.28. The van der Waals surface area contributed by atoms with Gasteiger partial charge in [-0.15, -0.1) is 0 Å². The van der Waals surface area contributed by atoms with Crippen LogP contribution in [0.3, 0.4) is 0 Å². The molecule has 11 heteroatoms. The first-order valence-corrected chi connectivity index (χ1v) is 12.3. The molecule has 0 aromatic heterocycles. The third-order valence-corrected chi connectivity index (χ3v) is 8.04. The van der Waals surface area contributed by atoms with E-state index < -0.39 is 32.0 Å². The maximum absolute atomic E-state index is 12.5. The average Bonchev–Trinajstić information content (AvgIpc) is 3.07. The summed E-state index contributed by atoms with van der Waals surface area (Å²) in [4.78, 5) is 12.4. The van der Waals surface area contributed by atoms with Crippen molar-refractivity contribution in [2.45, 2.75) is 24.3 Å². The Labute approximate surface area is 176 Å². The van der Waals surface area contributed by atoms with Crippen LogP contribution < -0.4 is 19.1 Å². The fourth-order valence-corrected chi connectivity index (χ4v) is 5.77.